The molecule has 1 saturated heterocycles. The van der Waals surface area contributed by atoms with Crippen molar-refractivity contribution in [3.8, 4) is 6.07 Å². The van der Waals surface area contributed by atoms with E-state index in [0.29, 0.717) is 22.4 Å². The van der Waals surface area contributed by atoms with Gasteiger partial charge in [-0.3, -0.25) is 10.1 Å². The van der Waals surface area contributed by atoms with E-state index < -0.39 is 0 Å². The molecule has 3 N–H and O–H groups in total. The molecular weight excluding hydrogens is 428 g/mol. The summed E-state index contributed by atoms with van der Waals surface area (Å²) < 4.78 is 1.87. The summed E-state index contributed by atoms with van der Waals surface area (Å²) in [5, 5.41) is 19.3. The summed E-state index contributed by atoms with van der Waals surface area (Å²) in [6.45, 7) is 1.55. The molecule has 2 fully saturated rings. The van der Waals surface area contributed by atoms with E-state index in [0.717, 1.165) is 63.9 Å². The second-order valence-corrected chi connectivity index (χ2v) is 9.55. The van der Waals surface area contributed by atoms with Crippen LogP contribution in [-0.2, 0) is 11.8 Å². The molecule has 1 spiro atoms. The maximum atomic E-state index is 12.1. The molecule has 2 aliphatic heterocycles. The fraction of sp³-hybridized carbons (Fsp3) is 0.636. The predicted molar refractivity (Wildman–Crippen MR) is 124 cm³/mol. The van der Waals surface area contributed by atoms with Crippen molar-refractivity contribution in [2.75, 3.05) is 18.4 Å². The van der Waals surface area contributed by atoms with Gasteiger partial charge >= 0.3 is 0 Å². The van der Waals surface area contributed by atoms with Crippen molar-refractivity contribution >= 4 is 29.3 Å². The van der Waals surface area contributed by atoms with Crippen molar-refractivity contribution in [2.45, 2.75) is 63.6 Å². The number of anilines is 1. The Morgan fingerprint density at radius 2 is 2.16 bits per heavy atom. The summed E-state index contributed by atoms with van der Waals surface area (Å²) in [4.78, 5) is 23.0. The van der Waals surface area contributed by atoms with Gasteiger partial charge in [0.25, 0.3) is 0 Å². The molecule has 1 aliphatic carbocycles. The number of guanidine groups is 1. The molecule has 1 unspecified atom stereocenters. The molecule has 0 aromatic carbocycles. The number of hydrogen-bond acceptors (Lipinski definition) is 7. The van der Waals surface area contributed by atoms with Gasteiger partial charge in [0.2, 0.25) is 11.9 Å². The van der Waals surface area contributed by atoms with Crippen molar-refractivity contribution in [3.63, 3.8) is 0 Å². The Morgan fingerprint density at radius 3 is 2.88 bits per heavy atom. The number of nitrogens with one attached hydrogen (secondary N) is 3. The van der Waals surface area contributed by atoms with Crippen molar-refractivity contribution in [3.05, 3.63) is 23.8 Å². The van der Waals surface area contributed by atoms with Crippen LogP contribution in [-0.4, -0.2) is 51.6 Å². The third kappa shape index (κ3) is 5.43. The highest BCUT2D eigenvalue weighted by molar-refractivity contribution is 6.30. The SMILES string of the molecule is Cn1cnc(NC2=NC(NC3CCC4(CCCN(C(=O)CC#N)CC4)CC3)C(Cl)=CN2)c1. The van der Waals surface area contributed by atoms with E-state index in [1.165, 1.54) is 0 Å². The molecular formula is C22H31ClN8O. The Hall–Kier alpha value is -2.57. The third-order valence-corrected chi connectivity index (χ3v) is 7.20. The van der Waals surface area contributed by atoms with Gasteiger partial charge in [0.1, 0.15) is 12.6 Å². The van der Waals surface area contributed by atoms with E-state index in [1.807, 2.05) is 28.8 Å². The van der Waals surface area contributed by atoms with Crippen molar-refractivity contribution in [1.82, 2.24) is 25.1 Å². The third-order valence-electron chi connectivity index (χ3n) is 6.89. The van der Waals surface area contributed by atoms with Crippen molar-refractivity contribution < 1.29 is 4.79 Å². The molecule has 1 aromatic rings. The number of imidazole rings is 1. The zero-order valence-electron chi connectivity index (χ0n) is 18.5. The summed E-state index contributed by atoms with van der Waals surface area (Å²) in [7, 11) is 1.92. The minimum atomic E-state index is -0.281. The topological polar surface area (TPSA) is 110 Å². The van der Waals surface area contributed by atoms with Crippen LogP contribution in [0.5, 0.6) is 0 Å². The number of nitrogens with zero attached hydrogens (tertiary/aromatic N) is 5. The highest BCUT2D eigenvalue weighted by Gasteiger charge is 2.38. The first-order chi connectivity index (χ1) is 15.5. The van der Waals surface area contributed by atoms with Crippen LogP contribution in [0.15, 0.2) is 28.7 Å². The van der Waals surface area contributed by atoms with Gasteiger partial charge in [0.15, 0.2) is 5.82 Å². The number of hydrogen-bond donors (Lipinski definition) is 3. The highest BCUT2D eigenvalue weighted by Crippen LogP contribution is 2.44. The lowest BCUT2D eigenvalue weighted by Crippen LogP contribution is -2.45. The fourth-order valence-corrected chi connectivity index (χ4v) is 5.20. The van der Waals surface area contributed by atoms with Gasteiger partial charge in [-0.15, -0.1) is 0 Å². The lowest BCUT2D eigenvalue weighted by atomic mass is 9.68. The van der Waals surface area contributed by atoms with E-state index in [4.69, 9.17) is 21.9 Å². The number of rotatable bonds is 4. The van der Waals surface area contributed by atoms with Gasteiger partial charge in [0, 0.05) is 38.6 Å². The monoisotopic (exact) mass is 458 g/mol. The molecule has 3 aliphatic rings. The summed E-state index contributed by atoms with van der Waals surface area (Å²) in [5.74, 6) is 1.31. The van der Waals surface area contributed by atoms with E-state index in [9.17, 15) is 4.79 Å². The second-order valence-electron chi connectivity index (χ2n) is 9.11. The standard InChI is InChI=1S/C22H31ClN8O/c1-30-14-18(26-15-30)28-21-25-13-17(23)20(29-21)27-16-3-7-22(8-4-16)6-2-11-31(12-9-22)19(32)5-10-24/h13-16,20,27H,2-9,11-12H2,1H3,(H2,25,28,29). The minimum Gasteiger partial charge on any atom is -0.342 e. The summed E-state index contributed by atoms with van der Waals surface area (Å²) in [6.07, 6.45) is 12.7. The minimum absolute atomic E-state index is 0.0127. The van der Waals surface area contributed by atoms with E-state index in [-0.39, 0.29) is 18.5 Å². The summed E-state index contributed by atoms with van der Waals surface area (Å²) in [5.41, 5.74) is 0.308. The predicted octanol–water partition coefficient (Wildman–Crippen LogP) is 2.64. The Labute approximate surface area is 193 Å². The van der Waals surface area contributed by atoms with Crippen LogP contribution in [0.3, 0.4) is 0 Å². The Morgan fingerprint density at radius 1 is 1.34 bits per heavy atom. The van der Waals surface area contributed by atoms with E-state index in [1.54, 1.807) is 12.5 Å². The summed E-state index contributed by atoms with van der Waals surface area (Å²) in [6, 6.07) is 2.34. The maximum absolute atomic E-state index is 12.1. The molecule has 32 heavy (non-hydrogen) atoms. The first kappa shape index (κ1) is 22.6. The van der Waals surface area contributed by atoms with Gasteiger partial charge in [-0.2, -0.15) is 5.26 Å². The molecule has 1 saturated carbocycles. The molecule has 4 rings (SSSR count). The van der Waals surface area contributed by atoms with Crippen LogP contribution in [0.25, 0.3) is 0 Å². The van der Waals surface area contributed by atoms with Crippen molar-refractivity contribution in [2.24, 2.45) is 17.5 Å². The fourth-order valence-electron chi connectivity index (χ4n) is 5.03. The van der Waals surface area contributed by atoms with Gasteiger partial charge in [0.05, 0.1) is 17.4 Å². The highest BCUT2D eigenvalue weighted by atomic mass is 35.5. The number of aryl methyl sites for hydroxylation is 1. The number of likely N-dealkylation sites (tertiary alicyclic amines) is 1. The molecule has 1 amide bonds. The number of carbonyl (C=O) groups is 1. The zero-order valence-corrected chi connectivity index (χ0v) is 19.2. The van der Waals surface area contributed by atoms with Crippen LogP contribution < -0.4 is 16.0 Å². The first-order valence-corrected chi connectivity index (χ1v) is 11.7. The van der Waals surface area contributed by atoms with Crippen LogP contribution in [0.1, 0.15) is 51.4 Å². The normalized spacial score (nSPS) is 28.2. The molecule has 172 valence electrons. The van der Waals surface area contributed by atoms with E-state index in [2.05, 4.69) is 20.9 Å². The Balaban J connectivity index is 1.30. The van der Waals surface area contributed by atoms with Crippen LogP contribution >= 0.6 is 11.6 Å². The Kier molecular flexibility index (Phi) is 7.01. The number of halogens is 1. The molecule has 1 atom stereocenters. The summed E-state index contributed by atoms with van der Waals surface area (Å²) >= 11 is 6.43. The number of aromatic nitrogens is 2. The molecule has 3 heterocycles. The second kappa shape index (κ2) is 9.92. The van der Waals surface area contributed by atoms with Gasteiger partial charge in [-0.05, 0) is 50.4 Å². The largest absolute Gasteiger partial charge is 0.342 e. The lowest BCUT2D eigenvalue weighted by Gasteiger charge is -2.41. The zero-order chi connectivity index (χ0) is 22.6. The Bertz CT molecular complexity index is 925. The van der Waals surface area contributed by atoms with E-state index >= 15 is 0 Å². The number of carbonyl (C=O) groups excluding carboxylic acids is 1. The smallest absolute Gasteiger partial charge is 0.236 e. The molecule has 0 radical (unpaired) electrons. The number of amides is 1. The van der Waals surface area contributed by atoms with Gasteiger partial charge in [-0.25, -0.2) is 9.98 Å². The first-order valence-electron chi connectivity index (χ1n) is 11.3. The van der Waals surface area contributed by atoms with Crippen LogP contribution in [0.2, 0.25) is 0 Å². The average Bonchev–Trinajstić information content (AvgIpc) is 3.07. The van der Waals surface area contributed by atoms with Gasteiger partial charge in [-0.1, -0.05) is 11.6 Å². The average molecular weight is 459 g/mol. The van der Waals surface area contributed by atoms with Gasteiger partial charge < -0.3 is 20.1 Å². The van der Waals surface area contributed by atoms with Crippen LogP contribution in [0, 0.1) is 16.7 Å². The molecule has 10 heteroatoms. The quantitative estimate of drug-likeness (QED) is 0.639. The molecule has 1 aromatic heterocycles. The number of aliphatic imine (C=N–C) groups is 1. The maximum Gasteiger partial charge on any atom is 0.236 e. The van der Waals surface area contributed by atoms with Crippen LogP contribution in [0.4, 0.5) is 5.82 Å². The molecule has 0 bridgehead atoms. The molecule has 9 nitrogen and oxygen atoms in total. The lowest BCUT2D eigenvalue weighted by molar-refractivity contribution is -0.130. The number of nitriles is 1. The van der Waals surface area contributed by atoms with Crippen molar-refractivity contribution in [1.29, 1.82) is 5.26 Å².